The van der Waals surface area contributed by atoms with Gasteiger partial charge in [0.1, 0.15) is 11.6 Å². The molecule has 1 aliphatic rings. The Morgan fingerprint density at radius 3 is 2.73 bits per heavy atom. The second-order valence-electron chi connectivity index (χ2n) is 4.12. The quantitative estimate of drug-likeness (QED) is 0.865. The van der Waals surface area contributed by atoms with Gasteiger partial charge in [-0.1, -0.05) is 11.6 Å². The van der Waals surface area contributed by atoms with Gasteiger partial charge in [0.15, 0.2) is 0 Å². The molecular weight excluding hydrogens is 217 g/mol. The molecule has 1 aromatic carbocycles. The highest BCUT2D eigenvalue weighted by Crippen LogP contribution is 2.37. The summed E-state index contributed by atoms with van der Waals surface area (Å²) in [7, 11) is 1.53. The molecule has 0 amide bonds. The van der Waals surface area contributed by atoms with E-state index in [0.29, 0.717) is 17.7 Å². The highest BCUT2D eigenvalue weighted by Gasteiger charge is 2.38. The van der Waals surface area contributed by atoms with E-state index < -0.39 is 0 Å². The third kappa shape index (κ3) is 2.24. The number of benzene rings is 1. The van der Waals surface area contributed by atoms with Gasteiger partial charge in [-0.25, -0.2) is 4.39 Å². The second-order valence-corrected chi connectivity index (χ2v) is 4.53. The first-order chi connectivity index (χ1) is 7.04. The van der Waals surface area contributed by atoms with Crippen molar-refractivity contribution in [3.63, 3.8) is 0 Å². The first-order valence-electron chi connectivity index (χ1n) is 4.85. The minimum absolute atomic E-state index is 0.0913. The summed E-state index contributed by atoms with van der Waals surface area (Å²) in [5, 5.41) is 0.0913. The predicted molar refractivity (Wildman–Crippen MR) is 57.8 cm³/mol. The molecule has 1 aromatic rings. The molecule has 0 radical (unpaired) electrons. The van der Waals surface area contributed by atoms with Crippen LogP contribution >= 0.6 is 11.6 Å². The van der Waals surface area contributed by atoms with Crippen molar-refractivity contribution >= 4 is 11.6 Å². The maximum atomic E-state index is 13.6. The lowest BCUT2D eigenvalue weighted by Gasteiger charge is -2.11. The Labute approximate surface area is 93.2 Å². The minimum Gasteiger partial charge on any atom is -0.497 e. The first-order valence-corrected chi connectivity index (χ1v) is 5.23. The van der Waals surface area contributed by atoms with Crippen molar-refractivity contribution in [3.8, 4) is 5.75 Å². The number of hydrogen-bond acceptors (Lipinski definition) is 2. The van der Waals surface area contributed by atoms with Crippen LogP contribution in [0, 0.1) is 5.82 Å². The predicted octanol–water partition coefficient (Wildman–Crippen LogP) is 2.52. The summed E-state index contributed by atoms with van der Waals surface area (Å²) in [5.74, 6) is 0.190. The van der Waals surface area contributed by atoms with Crippen LogP contribution in [-0.4, -0.2) is 12.6 Å². The largest absolute Gasteiger partial charge is 0.497 e. The molecule has 1 aliphatic carbocycles. The lowest BCUT2D eigenvalue weighted by molar-refractivity contribution is 0.412. The van der Waals surface area contributed by atoms with E-state index in [0.717, 1.165) is 12.8 Å². The van der Waals surface area contributed by atoms with Crippen molar-refractivity contribution in [2.45, 2.75) is 24.8 Å². The fourth-order valence-electron chi connectivity index (χ4n) is 1.58. The van der Waals surface area contributed by atoms with Crippen LogP contribution < -0.4 is 10.5 Å². The smallest absolute Gasteiger partial charge is 0.145 e. The highest BCUT2D eigenvalue weighted by molar-refractivity contribution is 6.30. The SMILES string of the molecule is COc1cc(Cl)c(F)c(CC2(N)CC2)c1. The van der Waals surface area contributed by atoms with E-state index in [9.17, 15) is 4.39 Å². The zero-order chi connectivity index (χ0) is 11.1. The van der Waals surface area contributed by atoms with Crippen LogP contribution in [0.15, 0.2) is 12.1 Å². The maximum absolute atomic E-state index is 13.6. The Morgan fingerprint density at radius 1 is 1.53 bits per heavy atom. The summed E-state index contributed by atoms with van der Waals surface area (Å²) in [4.78, 5) is 0. The van der Waals surface area contributed by atoms with E-state index in [4.69, 9.17) is 22.1 Å². The second kappa shape index (κ2) is 3.65. The highest BCUT2D eigenvalue weighted by atomic mass is 35.5. The van der Waals surface area contributed by atoms with Gasteiger partial charge in [0.05, 0.1) is 12.1 Å². The molecule has 0 aliphatic heterocycles. The zero-order valence-corrected chi connectivity index (χ0v) is 9.27. The van der Waals surface area contributed by atoms with Crippen molar-refractivity contribution in [3.05, 3.63) is 28.5 Å². The molecule has 0 heterocycles. The van der Waals surface area contributed by atoms with Gasteiger partial charge in [0.2, 0.25) is 0 Å². The van der Waals surface area contributed by atoms with Gasteiger partial charge >= 0.3 is 0 Å². The van der Waals surface area contributed by atoms with Crippen molar-refractivity contribution in [2.75, 3.05) is 7.11 Å². The van der Waals surface area contributed by atoms with Crippen LogP contribution in [0.5, 0.6) is 5.75 Å². The molecule has 15 heavy (non-hydrogen) atoms. The van der Waals surface area contributed by atoms with E-state index >= 15 is 0 Å². The van der Waals surface area contributed by atoms with Crippen LogP contribution in [0.3, 0.4) is 0 Å². The topological polar surface area (TPSA) is 35.2 Å². The summed E-state index contributed by atoms with van der Waals surface area (Å²) >= 11 is 5.75. The molecule has 4 heteroatoms. The normalized spacial score (nSPS) is 17.6. The third-order valence-electron chi connectivity index (χ3n) is 2.75. The summed E-state index contributed by atoms with van der Waals surface area (Å²) in [5.41, 5.74) is 6.25. The van der Waals surface area contributed by atoms with Gasteiger partial charge in [-0.2, -0.15) is 0 Å². The van der Waals surface area contributed by atoms with Crippen molar-refractivity contribution in [1.82, 2.24) is 0 Å². The molecule has 0 aromatic heterocycles. The fourth-order valence-corrected chi connectivity index (χ4v) is 1.81. The summed E-state index contributed by atoms with van der Waals surface area (Å²) in [6, 6.07) is 3.13. The van der Waals surface area contributed by atoms with E-state index in [-0.39, 0.29) is 16.4 Å². The molecule has 0 atom stereocenters. The first kappa shape index (κ1) is 10.7. The third-order valence-corrected chi connectivity index (χ3v) is 3.02. The van der Waals surface area contributed by atoms with E-state index in [1.807, 2.05) is 0 Å². The summed E-state index contributed by atoms with van der Waals surface area (Å²) in [6.07, 6.45) is 2.41. The minimum atomic E-state index is -0.380. The van der Waals surface area contributed by atoms with Gasteiger partial charge < -0.3 is 10.5 Å². The zero-order valence-electron chi connectivity index (χ0n) is 8.52. The number of halogens is 2. The summed E-state index contributed by atoms with van der Waals surface area (Å²) in [6.45, 7) is 0. The molecule has 2 nitrogen and oxygen atoms in total. The molecule has 82 valence electrons. The molecule has 0 bridgehead atoms. The summed E-state index contributed by atoms with van der Waals surface area (Å²) < 4.78 is 18.7. The van der Waals surface area contributed by atoms with Crippen LogP contribution in [0.25, 0.3) is 0 Å². The molecule has 2 N–H and O–H groups in total. The number of hydrogen-bond donors (Lipinski definition) is 1. The van der Waals surface area contributed by atoms with E-state index in [2.05, 4.69) is 0 Å². The number of methoxy groups -OCH3 is 1. The van der Waals surface area contributed by atoms with Crippen LogP contribution in [0.1, 0.15) is 18.4 Å². The number of ether oxygens (including phenoxy) is 1. The van der Waals surface area contributed by atoms with Crippen LogP contribution in [-0.2, 0) is 6.42 Å². The van der Waals surface area contributed by atoms with Gasteiger partial charge in [-0.05, 0) is 30.9 Å². The van der Waals surface area contributed by atoms with Crippen LogP contribution in [0.4, 0.5) is 4.39 Å². The van der Waals surface area contributed by atoms with Crippen molar-refractivity contribution in [1.29, 1.82) is 0 Å². The number of rotatable bonds is 3. The van der Waals surface area contributed by atoms with Gasteiger partial charge in [0, 0.05) is 11.6 Å². The van der Waals surface area contributed by atoms with Crippen molar-refractivity contribution in [2.24, 2.45) is 5.73 Å². The average molecular weight is 230 g/mol. The van der Waals surface area contributed by atoms with E-state index in [1.54, 1.807) is 6.07 Å². The van der Waals surface area contributed by atoms with Gasteiger partial charge in [-0.3, -0.25) is 0 Å². The fraction of sp³-hybridized carbons (Fsp3) is 0.455. The molecular formula is C11H13ClFNO. The monoisotopic (exact) mass is 229 g/mol. The molecule has 0 spiro atoms. The molecule has 0 saturated heterocycles. The Morgan fingerprint density at radius 2 is 2.20 bits per heavy atom. The molecule has 1 saturated carbocycles. The maximum Gasteiger partial charge on any atom is 0.145 e. The average Bonchev–Trinajstić information content (AvgIpc) is 2.91. The standard InChI is InChI=1S/C11H13ClFNO/c1-15-8-4-7(6-11(14)2-3-11)10(13)9(12)5-8/h4-5H,2-3,6,14H2,1H3. The Hall–Kier alpha value is -0.800. The molecule has 0 unspecified atom stereocenters. The molecule has 2 rings (SSSR count). The van der Waals surface area contributed by atoms with Gasteiger partial charge in [-0.15, -0.1) is 0 Å². The molecule has 1 fully saturated rings. The lowest BCUT2D eigenvalue weighted by Crippen LogP contribution is -2.25. The van der Waals surface area contributed by atoms with Crippen LogP contribution in [0.2, 0.25) is 5.02 Å². The lowest BCUT2D eigenvalue weighted by atomic mass is 10.0. The number of nitrogens with two attached hydrogens (primary N) is 1. The Kier molecular flexibility index (Phi) is 2.61. The van der Waals surface area contributed by atoms with E-state index in [1.165, 1.54) is 13.2 Å². The van der Waals surface area contributed by atoms with Crippen molar-refractivity contribution < 1.29 is 9.13 Å². The Balaban J connectivity index is 2.31. The van der Waals surface area contributed by atoms with Gasteiger partial charge in [0.25, 0.3) is 0 Å². The Bertz CT molecular complexity index is 390.